The third-order valence-electron chi connectivity index (χ3n) is 6.06. The Kier molecular flexibility index (Phi) is 6.93. The van der Waals surface area contributed by atoms with Crippen molar-refractivity contribution in [1.82, 2.24) is 5.32 Å². The van der Waals surface area contributed by atoms with Crippen LogP contribution in [0.25, 0.3) is 0 Å². The number of ether oxygens (including phenoxy) is 2. The summed E-state index contributed by atoms with van der Waals surface area (Å²) in [7, 11) is 1.56. The fraction of sp³-hybridized carbons (Fsp3) is 0.400. The van der Waals surface area contributed by atoms with Gasteiger partial charge in [-0.2, -0.15) is 0 Å². The lowest BCUT2D eigenvalue weighted by Gasteiger charge is -2.20. The highest BCUT2D eigenvalue weighted by Crippen LogP contribution is 2.34. The van der Waals surface area contributed by atoms with E-state index in [0.717, 1.165) is 25.0 Å². The van der Waals surface area contributed by atoms with Crippen LogP contribution in [0.1, 0.15) is 35.2 Å². The van der Waals surface area contributed by atoms with E-state index in [1.807, 2.05) is 25.1 Å². The number of hydrogen-bond acceptors (Lipinski definition) is 5. The monoisotopic (exact) mass is 451 g/mol. The number of anilines is 2. The Morgan fingerprint density at radius 1 is 1.21 bits per heavy atom. The van der Waals surface area contributed by atoms with Crippen molar-refractivity contribution in [2.24, 2.45) is 5.92 Å². The molecule has 3 amide bonds. The number of nitrogens with one attached hydrogen (secondary N) is 2. The lowest BCUT2D eigenvalue weighted by molar-refractivity contribution is -0.122. The molecule has 2 fully saturated rings. The quantitative estimate of drug-likeness (QED) is 0.675. The largest absolute Gasteiger partial charge is 0.495 e. The summed E-state index contributed by atoms with van der Waals surface area (Å²) in [5, 5.41) is 5.74. The second-order valence-electron chi connectivity index (χ2n) is 8.46. The van der Waals surface area contributed by atoms with Crippen molar-refractivity contribution in [3.63, 3.8) is 0 Å². The first-order valence-electron chi connectivity index (χ1n) is 11.2. The lowest BCUT2D eigenvalue weighted by atomic mass is 10.1. The van der Waals surface area contributed by atoms with Gasteiger partial charge in [0.2, 0.25) is 11.8 Å². The molecule has 2 heterocycles. The molecule has 2 aromatic rings. The molecule has 0 aliphatic carbocycles. The maximum atomic E-state index is 13.0. The van der Waals surface area contributed by atoms with Gasteiger partial charge in [-0.15, -0.1) is 0 Å². The van der Waals surface area contributed by atoms with Crippen LogP contribution >= 0.6 is 0 Å². The Balaban J connectivity index is 1.43. The van der Waals surface area contributed by atoms with Crippen molar-refractivity contribution in [2.75, 3.05) is 37.0 Å². The third kappa shape index (κ3) is 5.17. The molecule has 2 saturated heterocycles. The molecule has 2 N–H and O–H groups in total. The number of rotatable bonds is 7. The Morgan fingerprint density at radius 2 is 2.03 bits per heavy atom. The first kappa shape index (κ1) is 22.8. The molecular weight excluding hydrogens is 422 g/mol. The molecule has 0 saturated carbocycles. The predicted molar refractivity (Wildman–Crippen MR) is 125 cm³/mol. The maximum Gasteiger partial charge on any atom is 0.253 e. The lowest BCUT2D eigenvalue weighted by Crippen LogP contribution is -2.33. The Bertz CT molecular complexity index is 1050. The molecule has 2 aliphatic rings. The van der Waals surface area contributed by atoms with Gasteiger partial charge in [0.15, 0.2) is 0 Å². The summed E-state index contributed by atoms with van der Waals surface area (Å²) in [4.78, 5) is 40.1. The number of amides is 3. The van der Waals surface area contributed by atoms with Crippen LogP contribution in [0, 0.1) is 12.8 Å². The highest BCUT2D eigenvalue weighted by atomic mass is 16.5. The molecule has 8 heteroatoms. The number of para-hydroxylation sites is 1. The van der Waals surface area contributed by atoms with Gasteiger partial charge in [-0.3, -0.25) is 14.4 Å². The fourth-order valence-electron chi connectivity index (χ4n) is 4.26. The molecule has 33 heavy (non-hydrogen) atoms. The van der Waals surface area contributed by atoms with Gasteiger partial charge in [0.25, 0.3) is 5.91 Å². The van der Waals surface area contributed by atoms with Gasteiger partial charge in [-0.25, -0.2) is 0 Å². The molecular formula is C25H29N3O5. The van der Waals surface area contributed by atoms with E-state index in [2.05, 4.69) is 10.6 Å². The second kappa shape index (κ2) is 10.0. The number of hydrogen-bond donors (Lipinski definition) is 2. The summed E-state index contributed by atoms with van der Waals surface area (Å²) in [5.41, 5.74) is 2.46. The van der Waals surface area contributed by atoms with Gasteiger partial charge in [-0.05, 0) is 49.6 Å². The third-order valence-corrected chi connectivity index (χ3v) is 6.06. The second-order valence-corrected chi connectivity index (χ2v) is 8.46. The highest BCUT2D eigenvalue weighted by molar-refractivity contribution is 6.07. The van der Waals surface area contributed by atoms with Gasteiger partial charge in [-0.1, -0.05) is 18.2 Å². The van der Waals surface area contributed by atoms with E-state index in [1.54, 1.807) is 36.3 Å². The molecule has 0 radical (unpaired) electrons. The van der Waals surface area contributed by atoms with E-state index < -0.39 is 5.92 Å². The number of nitrogens with zero attached hydrogens (tertiary/aromatic N) is 1. The zero-order valence-electron chi connectivity index (χ0n) is 18.9. The van der Waals surface area contributed by atoms with Crippen LogP contribution in [0.4, 0.5) is 11.4 Å². The van der Waals surface area contributed by atoms with Crippen molar-refractivity contribution in [3.8, 4) is 5.75 Å². The standard InChI is InChI=1S/C25H29N3O5/c1-16-9-10-22(32-2)21(12-16)28-15-17(13-23(28)29)24(30)27-20-8-4-3-7-19(20)25(31)26-14-18-6-5-11-33-18/h3-4,7-10,12,17-18H,5-6,11,13-15H2,1-2H3,(H,26,31)(H,27,30). The molecule has 2 aliphatic heterocycles. The van der Waals surface area contributed by atoms with Crippen molar-refractivity contribution in [1.29, 1.82) is 0 Å². The van der Waals surface area contributed by atoms with Crippen LogP contribution < -0.4 is 20.3 Å². The molecule has 2 unspecified atom stereocenters. The SMILES string of the molecule is COc1ccc(C)cc1N1CC(C(=O)Nc2ccccc2C(=O)NCC2CCCO2)CC1=O. The number of carbonyl (C=O) groups excluding carboxylic acids is 3. The van der Waals surface area contributed by atoms with Gasteiger partial charge < -0.3 is 25.0 Å². The van der Waals surface area contributed by atoms with Crippen LogP contribution in [0.5, 0.6) is 5.75 Å². The highest BCUT2D eigenvalue weighted by Gasteiger charge is 2.36. The van der Waals surface area contributed by atoms with E-state index in [4.69, 9.17) is 9.47 Å². The minimum atomic E-state index is -0.536. The summed E-state index contributed by atoms with van der Waals surface area (Å²) in [5.74, 6) is -0.650. The summed E-state index contributed by atoms with van der Waals surface area (Å²) in [6.07, 6.45) is 2.05. The molecule has 174 valence electrons. The fourth-order valence-corrected chi connectivity index (χ4v) is 4.26. The zero-order chi connectivity index (χ0) is 23.4. The minimum absolute atomic E-state index is 0.0322. The summed E-state index contributed by atoms with van der Waals surface area (Å²) in [6, 6.07) is 12.5. The Hall–Kier alpha value is -3.39. The molecule has 0 spiro atoms. The molecule has 0 bridgehead atoms. The average Bonchev–Trinajstić information content (AvgIpc) is 3.47. The maximum absolute atomic E-state index is 13.0. The Labute approximate surface area is 193 Å². The van der Waals surface area contributed by atoms with Gasteiger partial charge in [0.05, 0.1) is 36.1 Å². The molecule has 4 rings (SSSR count). The van der Waals surface area contributed by atoms with Gasteiger partial charge >= 0.3 is 0 Å². The molecule has 8 nitrogen and oxygen atoms in total. The van der Waals surface area contributed by atoms with Crippen LogP contribution in [-0.2, 0) is 14.3 Å². The average molecular weight is 452 g/mol. The summed E-state index contributed by atoms with van der Waals surface area (Å²) in [6.45, 7) is 3.34. The molecule has 2 atom stereocenters. The normalized spacial score (nSPS) is 20.1. The topological polar surface area (TPSA) is 97.0 Å². The number of benzene rings is 2. The van der Waals surface area contributed by atoms with Crippen molar-refractivity contribution in [3.05, 3.63) is 53.6 Å². The first-order chi connectivity index (χ1) is 16.0. The summed E-state index contributed by atoms with van der Waals surface area (Å²) < 4.78 is 11.0. The zero-order valence-corrected chi connectivity index (χ0v) is 18.9. The first-order valence-corrected chi connectivity index (χ1v) is 11.2. The number of aryl methyl sites for hydroxylation is 1. The predicted octanol–water partition coefficient (Wildman–Crippen LogP) is 2.90. The Morgan fingerprint density at radius 3 is 2.79 bits per heavy atom. The van der Waals surface area contributed by atoms with Crippen LogP contribution in [-0.4, -0.2) is 50.6 Å². The van der Waals surface area contributed by atoms with Crippen molar-refractivity contribution in [2.45, 2.75) is 32.3 Å². The number of carbonyl (C=O) groups is 3. The van der Waals surface area contributed by atoms with Crippen molar-refractivity contribution < 1.29 is 23.9 Å². The van der Waals surface area contributed by atoms with E-state index in [1.165, 1.54) is 0 Å². The number of methoxy groups -OCH3 is 1. The summed E-state index contributed by atoms with van der Waals surface area (Å²) >= 11 is 0. The van der Waals surface area contributed by atoms with E-state index in [9.17, 15) is 14.4 Å². The van der Waals surface area contributed by atoms with E-state index in [0.29, 0.717) is 29.2 Å². The molecule has 0 aromatic heterocycles. The van der Waals surface area contributed by atoms with Gasteiger partial charge in [0, 0.05) is 26.1 Å². The van der Waals surface area contributed by atoms with Crippen LogP contribution in [0.15, 0.2) is 42.5 Å². The van der Waals surface area contributed by atoms with Crippen LogP contribution in [0.2, 0.25) is 0 Å². The van der Waals surface area contributed by atoms with Gasteiger partial charge in [0.1, 0.15) is 5.75 Å². The van der Waals surface area contributed by atoms with E-state index in [-0.39, 0.29) is 36.8 Å². The van der Waals surface area contributed by atoms with Crippen LogP contribution in [0.3, 0.4) is 0 Å². The molecule has 2 aromatic carbocycles. The van der Waals surface area contributed by atoms with E-state index >= 15 is 0 Å². The minimum Gasteiger partial charge on any atom is -0.495 e. The smallest absolute Gasteiger partial charge is 0.253 e. The van der Waals surface area contributed by atoms with Crippen molar-refractivity contribution >= 4 is 29.1 Å².